The highest BCUT2D eigenvalue weighted by molar-refractivity contribution is 6.30. The molecule has 2 unspecified atom stereocenters. The van der Waals surface area contributed by atoms with Crippen LogP contribution in [0.5, 0.6) is 0 Å². The molecule has 4 fully saturated rings. The summed E-state index contributed by atoms with van der Waals surface area (Å²) in [5, 5.41) is 3.76. The van der Waals surface area contributed by atoms with E-state index in [1.807, 2.05) is 0 Å². The maximum Gasteiger partial charge on any atom is 0.253 e. The van der Waals surface area contributed by atoms with Crippen molar-refractivity contribution in [1.29, 1.82) is 0 Å². The lowest BCUT2D eigenvalue weighted by Gasteiger charge is -2.61. The molecule has 1 amide bonds. The molecular weight excluding hydrogens is 286 g/mol. The van der Waals surface area contributed by atoms with E-state index in [4.69, 9.17) is 17.3 Å². The molecule has 4 aliphatic rings. The molecule has 21 heavy (non-hydrogen) atoms. The Hall–Kier alpha value is -1.13. The van der Waals surface area contributed by atoms with E-state index in [1.54, 1.807) is 12.3 Å². The van der Waals surface area contributed by atoms with Crippen molar-refractivity contribution in [1.82, 2.24) is 10.3 Å². The molecule has 4 aliphatic carbocycles. The second-order valence-corrected chi connectivity index (χ2v) is 7.89. The van der Waals surface area contributed by atoms with Crippen LogP contribution in [-0.2, 0) is 0 Å². The number of nitrogens with one attached hydrogen (secondary N) is 1. The zero-order chi connectivity index (χ0) is 14.7. The molecule has 3 N–H and O–H groups in total. The van der Waals surface area contributed by atoms with Gasteiger partial charge in [-0.1, -0.05) is 11.6 Å². The molecule has 5 heteroatoms. The molecule has 0 spiro atoms. The second kappa shape index (κ2) is 4.43. The van der Waals surface area contributed by atoms with Gasteiger partial charge in [0.05, 0.1) is 10.6 Å². The van der Waals surface area contributed by atoms with Crippen LogP contribution in [0.25, 0.3) is 0 Å². The van der Waals surface area contributed by atoms with Crippen LogP contribution in [0.2, 0.25) is 5.02 Å². The Morgan fingerprint density at radius 2 is 2.00 bits per heavy atom. The summed E-state index contributed by atoms with van der Waals surface area (Å²) in [7, 11) is 0. The number of hydrogen-bond donors (Lipinski definition) is 2. The van der Waals surface area contributed by atoms with E-state index in [9.17, 15) is 4.79 Å². The van der Waals surface area contributed by atoms with Gasteiger partial charge in [0, 0.05) is 23.5 Å². The average molecular weight is 306 g/mol. The molecule has 112 valence electrons. The predicted molar refractivity (Wildman–Crippen MR) is 81.0 cm³/mol. The van der Waals surface area contributed by atoms with Crippen LogP contribution in [0.1, 0.15) is 48.9 Å². The van der Waals surface area contributed by atoms with E-state index < -0.39 is 0 Å². The molecule has 1 heterocycles. The standard InChI is InChI=1S/C16H20ClN3O/c17-13-2-12(7-19-8-13)14(21)20-16-5-10-1-11(6-16)4-15(18,3-10)9-16/h2,7-8,10-11H,1,3-6,9,18H2,(H,20,21). The first kappa shape index (κ1) is 13.5. The third-order valence-electron chi connectivity index (χ3n) is 5.45. The van der Waals surface area contributed by atoms with E-state index >= 15 is 0 Å². The lowest BCUT2D eigenvalue weighted by atomic mass is 9.50. The summed E-state index contributed by atoms with van der Waals surface area (Å²) in [6.07, 6.45) is 9.70. The van der Waals surface area contributed by atoms with Crippen molar-refractivity contribution >= 4 is 17.5 Å². The molecule has 1 aromatic rings. The number of pyridine rings is 1. The zero-order valence-electron chi connectivity index (χ0n) is 11.9. The lowest BCUT2D eigenvalue weighted by Crippen LogP contribution is -2.68. The van der Waals surface area contributed by atoms with Crippen molar-refractivity contribution in [2.75, 3.05) is 0 Å². The molecule has 1 aromatic heterocycles. The number of nitrogens with two attached hydrogens (primary N) is 1. The number of amides is 1. The number of aromatic nitrogens is 1. The third kappa shape index (κ3) is 2.34. The highest BCUT2D eigenvalue weighted by Crippen LogP contribution is 2.56. The number of hydrogen-bond acceptors (Lipinski definition) is 3. The van der Waals surface area contributed by atoms with Gasteiger partial charge in [0.25, 0.3) is 5.91 Å². The minimum atomic E-state index is -0.113. The highest BCUT2D eigenvalue weighted by Gasteiger charge is 2.56. The van der Waals surface area contributed by atoms with Gasteiger partial charge in [0.2, 0.25) is 0 Å². The first-order chi connectivity index (χ1) is 9.95. The van der Waals surface area contributed by atoms with E-state index in [2.05, 4.69) is 10.3 Å². The van der Waals surface area contributed by atoms with Gasteiger partial charge in [0.15, 0.2) is 0 Å². The second-order valence-electron chi connectivity index (χ2n) is 7.45. The first-order valence-corrected chi connectivity index (χ1v) is 8.05. The zero-order valence-corrected chi connectivity index (χ0v) is 12.7. The van der Waals surface area contributed by atoms with Gasteiger partial charge in [0.1, 0.15) is 0 Å². The van der Waals surface area contributed by atoms with Crippen LogP contribution in [0, 0.1) is 11.8 Å². The summed E-state index contributed by atoms with van der Waals surface area (Å²) in [5.41, 5.74) is 6.91. The normalized spacial score (nSPS) is 40.3. The van der Waals surface area contributed by atoms with Gasteiger partial charge >= 0.3 is 0 Å². The van der Waals surface area contributed by atoms with E-state index in [-0.39, 0.29) is 17.0 Å². The molecular formula is C16H20ClN3O. The Bertz CT molecular complexity index is 589. The Balaban J connectivity index is 1.58. The molecule has 0 aromatic carbocycles. The Morgan fingerprint density at radius 1 is 1.29 bits per heavy atom. The van der Waals surface area contributed by atoms with Crippen LogP contribution in [0.4, 0.5) is 0 Å². The predicted octanol–water partition coefficient (Wildman–Crippen LogP) is 2.51. The van der Waals surface area contributed by atoms with E-state index in [0.717, 1.165) is 32.1 Å². The van der Waals surface area contributed by atoms with Gasteiger partial charge in [-0.05, 0) is 56.4 Å². The molecule has 0 aliphatic heterocycles. The quantitative estimate of drug-likeness (QED) is 0.882. The number of carbonyl (C=O) groups excluding carboxylic acids is 1. The molecule has 0 saturated heterocycles. The number of carbonyl (C=O) groups is 1. The smallest absolute Gasteiger partial charge is 0.253 e. The van der Waals surface area contributed by atoms with Crippen molar-refractivity contribution in [3.63, 3.8) is 0 Å². The van der Waals surface area contributed by atoms with Crippen molar-refractivity contribution in [3.8, 4) is 0 Å². The fraction of sp³-hybridized carbons (Fsp3) is 0.625. The summed E-state index contributed by atoms with van der Waals surface area (Å²) >= 11 is 5.92. The van der Waals surface area contributed by atoms with E-state index in [0.29, 0.717) is 22.4 Å². The minimum Gasteiger partial charge on any atom is -0.346 e. The third-order valence-corrected chi connectivity index (χ3v) is 5.66. The summed E-state index contributed by atoms with van der Waals surface area (Å²) in [6.45, 7) is 0. The van der Waals surface area contributed by atoms with E-state index in [1.165, 1.54) is 12.6 Å². The summed E-state index contributed by atoms with van der Waals surface area (Å²) < 4.78 is 0. The van der Waals surface area contributed by atoms with Crippen LogP contribution in [0.3, 0.4) is 0 Å². The monoisotopic (exact) mass is 305 g/mol. The SMILES string of the molecule is NC12CC3CC(C1)CC(NC(=O)c1cncc(Cl)c1)(C3)C2. The topological polar surface area (TPSA) is 68.0 Å². The molecule has 4 saturated carbocycles. The first-order valence-electron chi connectivity index (χ1n) is 7.67. The molecule has 2 atom stereocenters. The van der Waals surface area contributed by atoms with Gasteiger partial charge < -0.3 is 11.1 Å². The molecule has 0 radical (unpaired) electrons. The van der Waals surface area contributed by atoms with Crippen LogP contribution in [0.15, 0.2) is 18.5 Å². The van der Waals surface area contributed by atoms with Gasteiger partial charge in [-0.15, -0.1) is 0 Å². The molecule has 5 rings (SSSR count). The molecule has 4 nitrogen and oxygen atoms in total. The fourth-order valence-electron chi connectivity index (χ4n) is 5.33. The maximum absolute atomic E-state index is 12.5. The Kier molecular flexibility index (Phi) is 2.86. The van der Waals surface area contributed by atoms with Crippen LogP contribution >= 0.6 is 11.6 Å². The van der Waals surface area contributed by atoms with Gasteiger partial charge in [-0.3, -0.25) is 9.78 Å². The van der Waals surface area contributed by atoms with Crippen molar-refractivity contribution in [2.24, 2.45) is 17.6 Å². The molecule has 4 bridgehead atoms. The van der Waals surface area contributed by atoms with Crippen LogP contribution in [-0.4, -0.2) is 22.0 Å². The van der Waals surface area contributed by atoms with Gasteiger partial charge in [-0.25, -0.2) is 0 Å². The lowest BCUT2D eigenvalue weighted by molar-refractivity contribution is -0.0320. The Labute approximate surface area is 129 Å². The Morgan fingerprint density at radius 3 is 2.62 bits per heavy atom. The largest absolute Gasteiger partial charge is 0.346 e. The number of nitrogens with zero attached hydrogens (tertiary/aromatic N) is 1. The fourth-order valence-corrected chi connectivity index (χ4v) is 5.50. The number of halogens is 1. The summed E-state index contributed by atoms with van der Waals surface area (Å²) in [6, 6.07) is 1.67. The highest BCUT2D eigenvalue weighted by atomic mass is 35.5. The van der Waals surface area contributed by atoms with Gasteiger partial charge in [-0.2, -0.15) is 0 Å². The summed E-state index contributed by atoms with van der Waals surface area (Å²) in [4.78, 5) is 16.5. The van der Waals surface area contributed by atoms with Crippen molar-refractivity contribution in [2.45, 2.75) is 49.6 Å². The maximum atomic E-state index is 12.5. The summed E-state index contributed by atoms with van der Waals surface area (Å²) in [5.74, 6) is 1.28. The van der Waals surface area contributed by atoms with Crippen molar-refractivity contribution < 1.29 is 4.79 Å². The van der Waals surface area contributed by atoms with Crippen molar-refractivity contribution in [3.05, 3.63) is 29.0 Å². The minimum absolute atomic E-state index is 0.0655. The van der Waals surface area contributed by atoms with Crippen LogP contribution < -0.4 is 11.1 Å². The average Bonchev–Trinajstić information content (AvgIpc) is 2.34. The number of rotatable bonds is 2.